The van der Waals surface area contributed by atoms with Gasteiger partial charge in [-0.15, -0.1) is 0 Å². The number of carbonyl (C=O) groups is 1. The molecule has 0 unspecified atom stereocenters. The van der Waals surface area contributed by atoms with E-state index in [0.717, 1.165) is 0 Å². The van der Waals surface area contributed by atoms with Crippen molar-refractivity contribution in [1.82, 2.24) is 14.8 Å². The number of aryl methyl sites for hydroxylation is 1. The third kappa shape index (κ3) is 1.86. The second kappa shape index (κ2) is 4.09. The van der Waals surface area contributed by atoms with E-state index >= 15 is 0 Å². The number of nitrogens with zero attached hydrogens (tertiary/aromatic N) is 3. The number of pyridine rings is 1. The van der Waals surface area contributed by atoms with Crippen LogP contribution in [0.15, 0.2) is 12.3 Å². The number of carbonyl (C=O) groups excluding carboxylic acids is 1. The third-order valence-electron chi connectivity index (χ3n) is 2.05. The molecule has 0 saturated carbocycles. The average Bonchev–Trinajstić information content (AvgIpc) is 2.57. The van der Waals surface area contributed by atoms with Gasteiger partial charge in [-0.2, -0.15) is 5.10 Å². The lowest BCUT2D eigenvalue weighted by Crippen LogP contribution is -2.06. The van der Waals surface area contributed by atoms with Crippen LogP contribution in [-0.2, 0) is 11.8 Å². The van der Waals surface area contributed by atoms with Gasteiger partial charge in [-0.25, -0.2) is 9.78 Å². The number of esters is 1. The molecular weight excluding hydrogens is 230 g/mol. The maximum absolute atomic E-state index is 11.7. The monoisotopic (exact) mass is 239 g/mol. The van der Waals surface area contributed by atoms with E-state index in [1.165, 1.54) is 6.07 Å². The van der Waals surface area contributed by atoms with Crippen LogP contribution in [-0.4, -0.2) is 27.3 Å². The Balaban J connectivity index is 2.62. The Morgan fingerprint density at radius 3 is 3.06 bits per heavy atom. The zero-order chi connectivity index (χ0) is 11.7. The van der Waals surface area contributed by atoms with Crippen molar-refractivity contribution in [3.63, 3.8) is 0 Å². The van der Waals surface area contributed by atoms with Crippen LogP contribution in [0.2, 0.25) is 5.15 Å². The fourth-order valence-electron chi connectivity index (χ4n) is 1.45. The Morgan fingerprint density at radius 1 is 1.62 bits per heavy atom. The first-order chi connectivity index (χ1) is 7.61. The van der Waals surface area contributed by atoms with Crippen molar-refractivity contribution in [2.45, 2.75) is 6.92 Å². The summed E-state index contributed by atoms with van der Waals surface area (Å²) in [6, 6.07) is 1.47. The fourth-order valence-corrected chi connectivity index (χ4v) is 1.65. The molecule has 0 bridgehead atoms. The smallest absolute Gasteiger partial charge is 0.340 e. The average molecular weight is 240 g/mol. The van der Waals surface area contributed by atoms with Crippen molar-refractivity contribution >= 4 is 28.6 Å². The summed E-state index contributed by atoms with van der Waals surface area (Å²) < 4.78 is 6.51. The minimum atomic E-state index is -0.435. The number of rotatable bonds is 2. The zero-order valence-electron chi connectivity index (χ0n) is 8.90. The van der Waals surface area contributed by atoms with Gasteiger partial charge in [0.2, 0.25) is 0 Å². The Labute approximate surface area is 97.0 Å². The molecule has 0 fully saturated rings. The van der Waals surface area contributed by atoms with Gasteiger partial charge in [-0.05, 0) is 13.0 Å². The van der Waals surface area contributed by atoms with Gasteiger partial charge in [0.25, 0.3) is 0 Å². The Morgan fingerprint density at radius 2 is 2.38 bits per heavy atom. The van der Waals surface area contributed by atoms with E-state index in [1.807, 2.05) is 0 Å². The Kier molecular flexibility index (Phi) is 2.78. The van der Waals surface area contributed by atoms with Crippen molar-refractivity contribution in [2.24, 2.45) is 7.05 Å². The fraction of sp³-hybridized carbons (Fsp3) is 0.300. The molecule has 0 spiro atoms. The number of aromatic nitrogens is 3. The van der Waals surface area contributed by atoms with Crippen LogP contribution in [0.5, 0.6) is 0 Å². The van der Waals surface area contributed by atoms with Gasteiger partial charge in [-0.3, -0.25) is 4.68 Å². The zero-order valence-corrected chi connectivity index (χ0v) is 9.65. The van der Waals surface area contributed by atoms with Crippen LogP contribution >= 0.6 is 11.6 Å². The van der Waals surface area contributed by atoms with E-state index in [1.54, 1.807) is 24.9 Å². The molecule has 2 aromatic heterocycles. The highest BCUT2D eigenvalue weighted by Crippen LogP contribution is 2.20. The maximum Gasteiger partial charge on any atom is 0.340 e. The van der Waals surface area contributed by atoms with Crippen LogP contribution in [0.1, 0.15) is 17.3 Å². The number of halogens is 1. The molecule has 2 rings (SSSR count). The van der Waals surface area contributed by atoms with Crippen molar-refractivity contribution in [2.75, 3.05) is 6.61 Å². The van der Waals surface area contributed by atoms with Crippen LogP contribution < -0.4 is 0 Å². The summed E-state index contributed by atoms with van der Waals surface area (Å²) >= 11 is 5.82. The van der Waals surface area contributed by atoms with Gasteiger partial charge < -0.3 is 4.74 Å². The topological polar surface area (TPSA) is 57.0 Å². The van der Waals surface area contributed by atoms with Crippen molar-refractivity contribution in [3.8, 4) is 0 Å². The molecule has 0 aliphatic carbocycles. The standard InChI is InChI=1S/C10H10ClN3O2/c1-3-16-10(15)6-4-8(11)12-7-5-14(2)13-9(6)7/h4-5H,3H2,1-2H3. The summed E-state index contributed by atoms with van der Waals surface area (Å²) in [6.45, 7) is 2.06. The summed E-state index contributed by atoms with van der Waals surface area (Å²) in [7, 11) is 1.75. The second-order valence-electron chi connectivity index (χ2n) is 3.25. The molecular formula is C10H10ClN3O2. The van der Waals surface area contributed by atoms with Gasteiger partial charge in [0, 0.05) is 7.05 Å². The number of ether oxygens (including phenoxy) is 1. The van der Waals surface area contributed by atoms with E-state index in [9.17, 15) is 4.79 Å². The molecule has 0 aliphatic heterocycles. The van der Waals surface area contributed by atoms with Gasteiger partial charge in [0.1, 0.15) is 16.2 Å². The normalized spacial score (nSPS) is 10.7. The van der Waals surface area contributed by atoms with Gasteiger partial charge in [-0.1, -0.05) is 11.6 Å². The van der Waals surface area contributed by atoms with E-state index < -0.39 is 5.97 Å². The lowest BCUT2D eigenvalue weighted by atomic mass is 10.2. The second-order valence-corrected chi connectivity index (χ2v) is 3.64. The van der Waals surface area contributed by atoms with E-state index in [2.05, 4.69) is 10.1 Å². The van der Waals surface area contributed by atoms with Crippen LogP contribution in [0.3, 0.4) is 0 Å². The molecule has 0 atom stereocenters. The SMILES string of the molecule is CCOC(=O)c1cc(Cl)nc2cn(C)nc12. The molecule has 0 aliphatic rings. The maximum atomic E-state index is 11.7. The van der Waals surface area contributed by atoms with Gasteiger partial charge in [0.15, 0.2) is 0 Å². The van der Waals surface area contributed by atoms with Crippen molar-refractivity contribution < 1.29 is 9.53 Å². The van der Waals surface area contributed by atoms with Gasteiger partial charge >= 0.3 is 5.97 Å². The summed E-state index contributed by atoms with van der Waals surface area (Å²) in [5.41, 5.74) is 1.43. The number of hydrogen-bond acceptors (Lipinski definition) is 4. The minimum absolute atomic E-state index is 0.253. The summed E-state index contributed by atoms with van der Waals surface area (Å²) in [4.78, 5) is 15.7. The first-order valence-corrected chi connectivity index (χ1v) is 5.16. The molecule has 2 aromatic rings. The quantitative estimate of drug-likeness (QED) is 0.592. The molecule has 5 nitrogen and oxygen atoms in total. The molecule has 0 amide bonds. The summed E-state index contributed by atoms with van der Waals surface area (Å²) in [5, 5.41) is 4.41. The Hall–Kier alpha value is -1.62. The predicted octanol–water partition coefficient (Wildman–Crippen LogP) is 1.80. The highest BCUT2D eigenvalue weighted by atomic mass is 35.5. The first kappa shape index (κ1) is 10.9. The van der Waals surface area contributed by atoms with E-state index in [-0.39, 0.29) is 5.15 Å². The van der Waals surface area contributed by atoms with Crippen LogP contribution in [0, 0.1) is 0 Å². The summed E-state index contributed by atoms with van der Waals surface area (Å²) in [6.07, 6.45) is 1.70. The predicted molar refractivity (Wildman–Crippen MR) is 59.5 cm³/mol. The molecule has 84 valence electrons. The van der Waals surface area contributed by atoms with E-state index in [0.29, 0.717) is 23.2 Å². The largest absolute Gasteiger partial charge is 0.462 e. The molecule has 0 N–H and O–H groups in total. The first-order valence-electron chi connectivity index (χ1n) is 4.79. The highest BCUT2D eigenvalue weighted by molar-refractivity contribution is 6.30. The number of hydrogen-bond donors (Lipinski definition) is 0. The molecule has 16 heavy (non-hydrogen) atoms. The van der Waals surface area contributed by atoms with Crippen LogP contribution in [0.4, 0.5) is 0 Å². The third-order valence-corrected chi connectivity index (χ3v) is 2.24. The van der Waals surface area contributed by atoms with Crippen molar-refractivity contribution in [1.29, 1.82) is 0 Å². The molecule has 0 radical (unpaired) electrons. The highest BCUT2D eigenvalue weighted by Gasteiger charge is 2.16. The molecule has 2 heterocycles. The number of fused-ring (bicyclic) bond motifs is 1. The van der Waals surface area contributed by atoms with Gasteiger partial charge in [0.05, 0.1) is 18.4 Å². The minimum Gasteiger partial charge on any atom is -0.462 e. The van der Waals surface area contributed by atoms with Crippen molar-refractivity contribution in [3.05, 3.63) is 23.0 Å². The Bertz CT molecular complexity index is 550. The summed E-state index contributed by atoms with van der Waals surface area (Å²) in [5.74, 6) is -0.435. The molecule has 0 saturated heterocycles. The lowest BCUT2D eigenvalue weighted by molar-refractivity contribution is 0.0528. The lowest BCUT2D eigenvalue weighted by Gasteiger charge is -2.02. The van der Waals surface area contributed by atoms with Crippen LogP contribution in [0.25, 0.3) is 11.0 Å². The molecule has 6 heteroatoms. The van der Waals surface area contributed by atoms with E-state index in [4.69, 9.17) is 16.3 Å². The molecule has 0 aromatic carbocycles.